The number of benzene rings is 2. The van der Waals surface area contributed by atoms with E-state index in [1.807, 2.05) is 38.1 Å². The molecule has 3 amide bonds. The number of fused-ring (bicyclic) bond motifs is 3. The molecule has 2 N–H and O–H groups in total. The number of nitrogens with zero attached hydrogens (tertiary/aromatic N) is 2. The van der Waals surface area contributed by atoms with Crippen molar-refractivity contribution >= 4 is 39.8 Å². The van der Waals surface area contributed by atoms with Gasteiger partial charge in [-0.3, -0.25) is 9.69 Å². The second-order valence-corrected chi connectivity index (χ2v) is 11.6. The molecule has 2 aliphatic rings. The predicted molar refractivity (Wildman–Crippen MR) is 158 cm³/mol. The average Bonchev–Trinajstić information content (AvgIpc) is 3.53. The normalized spacial score (nSPS) is 17.6. The third kappa shape index (κ3) is 6.70. The highest BCUT2D eigenvalue weighted by molar-refractivity contribution is 9.10. The molecule has 0 radical (unpaired) electrons. The largest absolute Gasteiger partial charge is 0.449 e. The Labute approximate surface area is 247 Å². The van der Waals surface area contributed by atoms with Gasteiger partial charge in [0.15, 0.2) is 0 Å². The monoisotopic (exact) mass is 620 g/mol. The summed E-state index contributed by atoms with van der Waals surface area (Å²) in [6, 6.07) is 20.8. The molecular formula is C31H33BrN4O5. The first kappa shape index (κ1) is 28.6. The highest BCUT2D eigenvalue weighted by atomic mass is 79.9. The van der Waals surface area contributed by atoms with Crippen molar-refractivity contribution in [1.29, 1.82) is 0 Å². The first-order chi connectivity index (χ1) is 19.8. The quantitative estimate of drug-likeness (QED) is 0.308. The lowest BCUT2D eigenvalue weighted by Gasteiger charge is -2.23. The van der Waals surface area contributed by atoms with Crippen LogP contribution in [0.5, 0.6) is 0 Å². The fourth-order valence-corrected chi connectivity index (χ4v) is 5.75. The number of carbonyl (C=O) groups is 3. The zero-order valence-corrected chi connectivity index (χ0v) is 24.6. The van der Waals surface area contributed by atoms with E-state index in [4.69, 9.17) is 9.47 Å². The second kappa shape index (κ2) is 12.7. The number of hydrogen-bond donors (Lipinski definition) is 2. The van der Waals surface area contributed by atoms with Crippen molar-refractivity contribution in [2.75, 3.05) is 31.6 Å². The summed E-state index contributed by atoms with van der Waals surface area (Å²) >= 11 is 3.30. The van der Waals surface area contributed by atoms with Crippen molar-refractivity contribution in [3.05, 3.63) is 82.5 Å². The minimum absolute atomic E-state index is 0.0365. The summed E-state index contributed by atoms with van der Waals surface area (Å²) in [4.78, 5) is 44.5. The number of nitrogens with one attached hydrogen (secondary N) is 2. The van der Waals surface area contributed by atoms with E-state index in [-0.39, 0.29) is 50.0 Å². The molecule has 2 aromatic carbocycles. The topological polar surface area (TPSA) is 110 Å². The molecule has 9 nitrogen and oxygen atoms in total. The number of amides is 3. The summed E-state index contributed by atoms with van der Waals surface area (Å²) in [6.07, 6.45) is -0.725. The SMILES string of the molecule is CC(C)COC(=O)N1CC(CNC(=O)OCC2c3ccccc3-c3ccccc32)CC1C(=O)Nc1cccc(Br)n1. The average molecular weight is 622 g/mol. The van der Waals surface area contributed by atoms with Crippen LogP contribution in [0.3, 0.4) is 0 Å². The number of aromatic nitrogens is 1. The van der Waals surface area contributed by atoms with Gasteiger partial charge in [0.05, 0.1) is 6.61 Å². The number of hydrogen-bond acceptors (Lipinski definition) is 6. The molecule has 2 atom stereocenters. The zero-order valence-electron chi connectivity index (χ0n) is 23.0. The van der Waals surface area contributed by atoms with E-state index in [2.05, 4.69) is 55.8 Å². The Bertz CT molecular complexity index is 1390. The van der Waals surface area contributed by atoms with Gasteiger partial charge >= 0.3 is 12.2 Å². The van der Waals surface area contributed by atoms with Gasteiger partial charge in [-0.15, -0.1) is 0 Å². The van der Waals surface area contributed by atoms with Gasteiger partial charge in [-0.05, 0) is 68.6 Å². The lowest BCUT2D eigenvalue weighted by atomic mass is 9.98. The van der Waals surface area contributed by atoms with Gasteiger partial charge in [0.1, 0.15) is 23.1 Å². The van der Waals surface area contributed by atoms with Crippen molar-refractivity contribution in [1.82, 2.24) is 15.2 Å². The number of pyridine rings is 1. The van der Waals surface area contributed by atoms with Crippen LogP contribution in [0, 0.1) is 11.8 Å². The smallest absolute Gasteiger partial charge is 0.410 e. The van der Waals surface area contributed by atoms with Crippen LogP contribution in [-0.2, 0) is 14.3 Å². The van der Waals surface area contributed by atoms with Crippen LogP contribution >= 0.6 is 15.9 Å². The Balaban J connectivity index is 1.19. The van der Waals surface area contributed by atoms with Gasteiger partial charge in [0, 0.05) is 19.0 Å². The molecule has 1 saturated heterocycles. The van der Waals surface area contributed by atoms with Crippen molar-refractivity contribution in [2.45, 2.75) is 32.2 Å². The summed E-state index contributed by atoms with van der Waals surface area (Å²) in [5.41, 5.74) is 4.60. The Kier molecular flexibility index (Phi) is 8.87. The van der Waals surface area contributed by atoms with Gasteiger partial charge in [0.2, 0.25) is 5.91 Å². The molecule has 1 fully saturated rings. The van der Waals surface area contributed by atoms with Gasteiger partial charge in [-0.2, -0.15) is 0 Å². The molecule has 10 heteroatoms. The number of halogens is 1. The van der Waals surface area contributed by atoms with Crippen LogP contribution in [0.1, 0.15) is 37.3 Å². The zero-order chi connectivity index (χ0) is 28.9. The molecule has 0 spiro atoms. The molecule has 2 unspecified atom stereocenters. The Morgan fingerprint density at radius 2 is 1.66 bits per heavy atom. The number of ether oxygens (including phenoxy) is 2. The molecule has 1 aromatic heterocycles. The summed E-state index contributed by atoms with van der Waals surface area (Å²) in [6.45, 7) is 4.87. The minimum Gasteiger partial charge on any atom is -0.449 e. The van der Waals surface area contributed by atoms with Gasteiger partial charge in [0.25, 0.3) is 0 Å². The van der Waals surface area contributed by atoms with Crippen LogP contribution in [0.4, 0.5) is 15.4 Å². The van der Waals surface area contributed by atoms with Crippen LogP contribution in [0.25, 0.3) is 11.1 Å². The Morgan fingerprint density at radius 3 is 2.32 bits per heavy atom. The molecule has 0 bridgehead atoms. The van der Waals surface area contributed by atoms with Gasteiger partial charge in [-0.1, -0.05) is 68.4 Å². The molecule has 3 aromatic rings. The standard InChI is InChI=1S/C31H33BrN4O5/c1-19(2)17-41-31(39)36-16-20(14-26(36)29(37)35-28-13-7-12-27(32)34-28)15-33-30(38)40-18-25-23-10-5-3-8-21(23)22-9-4-6-11-24(22)25/h3-13,19-20,25-26H,14-18H2,1-2H3,(H,33,38)(H,34,35,37). The first-order valence-electron chi connectivity index (χ1n) is 13.8. The Hall–Kier alpha value is -3.92. The molecule has 0 saturated carbocycles. The molecule has 5 rings (SSSR count). The Morgan fingerprint density at radius 1 is 0.976 bits per heavy atom. The van der Waals surface area contributed by atoms with Crippen LogP contribution < -0.4 is 10.6 Å². The van der Waals surface area contributed by atoms with E-state index in [0.29, 0.717) is 16.8 Å². The summed E-state index contributed by atoms with van der Waals surface area (Å²) < 4.78 is 11.7. The van der Waals surface area contributed by atoms with Crippen LogP contribution in [0.15, 0.2) is 71.3 Å². The molecule has 214 valence electrons. The minimum atomic E-state index is -0.759. The summed E-state index contributed by atoms with van der Waals surface area (Å²) in [5.74, 6) is -0.0228. The fourth-order valence-electron chi connectivity index (χ4n) is 5.41. The lowest BCUT2D eigenvalue weighted by molar-refractivity contribution is -0.120. The highest BCUT2D eigenvalue weighted by Crippen LogP contribution is 2.44. The summed E-state index contributed by atoms with van der Waals surface area (Å²) in [7, 11) is 0. The van der Waals surface area contributed by atoms with Gasteiger partial charge < -0.3 is 20.1 Å². The van der Waals surface area contributed by atoms with E-state index < -0.39 is 18.2 Å². The summed E-state index contributed by atoms with van der Waals surface area (Å²) in [5, 5.41) is 5.62. The fraction of sp³-hybridized carbons (Fsp3) is 0.355. The number of likely N-dealkylation sites (tertiary alicyclic amines) is 1. The van der Waals surface area contributed by atoms with E-state index in [1.54, 1.807) is 18.2 Å². The van der Waals surface area contributed by atoms with Crippen LogP contribution in [0.2, 0.25) is 0 Å². The van der Waals surface area contributed by atoms with Gasteiger partial charge in [-0.25, -0.2) is 14.6 Å². The van der Waals surface area contributed by atoms with E-state index in [0.717, 1.165) is 22.3 Å². The number of rotatable bonds is 8. The van der Waals surface area contributed by atoms with Crippen molar-refractivity contribution in [3.8, 4) is 11.1 Å². The molecule has 41 heavy (non-hydrogen) atoms. The number of carbonyl (C=O) groups excluding carboxylic acids is 3. The maximum atomic E-state index is 13.2. The molecule has 1 aliphatic heterocycles. The number of alkyl carbamates (subject to hydrolysis) is 1. The lowest BCUT2D eigenvalue weighted by Crippen LogP contribution is -2.43. The van der Waals surface area contributed by atoms with E-state index >= 15 is 0 Å². The third-order valence-corrected chi connectivity index (χ3v) is 7.75. The second-order valence-electron chi connectivity index (χ2n) is 10.8. The number of anilines is 1. The van der Waals surface area contributed by atoms with E-state index in [1.165, 1.54) is 4.90 Å². The van der Waals surface area contributed by atoms with Crippen molar-refractivity contribution in [2.24, 2.45) is 11.8 Å². The maximum Gasteiger partial charge on any atom is 0.410 e. The predicted octanol–water partition coefficient (Wildman–Crippen LogP) is 5.80. The maximum absolute atomic E-state index is 13.2. The van der Waals surface area contributed by atoms with E-state index in [9.17, 15) is 14.4 Å². The first-order valence-corrected chi connectivity index (χ1v) is 14.5. The molecule has 1 aliphatic carbocycles. The van der Waals surface area contributed by atoms with Crippen molar-refractivity contribution in [3.63, 3.8) is 0 Å². The highest BCUT2D eigenvalue weighted by Gasteiger charge is 2.41. The van der Waals surface area contributed by atoms with Crippen LogP contribution in [-0.4, -0.2) is 60.3 Å². The molecular weight excluding hydrogens is 588 g/mol. The van der Waals surface area contributed by atoms with Crippen molar-refractivity contribution < 1.29 is 23.9 Å². The third-order valence-electron chi connectivity index (χ3n) is 7.31. The molecule has 2 heterocycles.